The number of cyclic esters (lactones) is 1. The third-order valence-corrected chi connectivity index (χ3v) is 4.15. The molecule has 1 unspecified atom stereocenters. The Kier molecular flexibility index (Phi) is 2.80. The minimum absolute atomic E-state index is 0.0231. The molecule has 0 N–H and O–H groups in total. The van der Waals surface area contributed by atoms with Gasteiger partial charge in [-0.3, -0.25) is 9.59 Å². The number of nitrogens with zero attached hydrogens (tertiary/aromatic N) is 1. The molecule has 0 radical (unpaired) electrons. The standard InChI is InChI=1S/C14H12F3NO3/c1-18-10-3-2-8(14(15,16)17)6-9(10)13(12(18)20)5-4-11(19)21-7-13/h2-3,6H,4-5,7H2,1H3. The van der Waals surface area contributed by atoms with Crippen LogP contribution in [0.3, 0.4) is 0 Å². The van der Waals surface area contributed by atoms with E-state index in [0.717, 1.165) is 12.1 Å². The molecular formula is C14H12F3NO3. The highest BCUT2D eigenvalue weighted by molar-refractivity contribution is 6.08. The smallest absolute Gasteiger partial charge is 0.416 e. The summed E-state index contributed by atoms with van der Waals surface area (Å²) in [6.45, 7) is -0.205. The van der Waals surface area contributed by atoms with Crippen LogP contribution >= 0.6 is 0 Å². The zero-order valence-electron chi connectivity index (χ0n) is 11.2. The fraction of sp³-hybridized carbons (Fsp3) is 0.429. The van der Waals surface area contributed by atoms with Crippen molar-refractivity contribution in [3.8, 4) is 0 Å². The number of likely N-dealkylation sites (N-methyl/N-ethyl adjacent to an activating group) is 1. The van der Waals surface area contributed by atoms with E-state index in [0.29, 0.717) is 5.69 Å². The molecule has 1 saturated heterocycles. The molecule has 2 aliphatic heterocycles. The van der Waals surface area contributed by atoms with E-state index in [1.807, 2.05) is 0 Å². The average molecular weight is 299 g/mol. The van der Waals surface area contributed by atoms with Gasteiger partial charge in [0.15, 0.2) is 0 Å². The van der Waals surface area contributed by atoms with Crippen molar-refractivity contribution in [3.05, 3.63) is 29.3 Å². The number of hydrogen-bond acceptors (Lipinski definition) is 3. The molecule has 0 bridgehead atoms. The first kappa shape index (κ1) is 13.9. The third kappa shape index (κ3) is 1.91. The van der Waals surface area contributed by atoms with Gasteiger partial charge in [-0.15, -0.1) is 0 Å². The summed E-state index contributed by atoms with van der Waals surface area (Å²) >= 11 is 0. The molecule has 0 aliphatic carbocycles. The Morgan fingerprint density at radius 1 is 1.29 bits per heavy atom. The highest BCUT2D eigenvalue weighted by Gasteiger charge is 2.53. The van der Waals surface area contributed by atoms with Crippen LogP contribution in [0.2, 0.25) is 0 Å². The topological polar surface area (TPSA) is 46.6 Å². The molecule has 112 valence electrons. The second-order valence-electron chi connectivity index (χ2n) is 5.34. The molecule has 2 aliphatic rings. The van der Waals surface area contributed by atoms with Crippen molar-refractivity contribution in [1.29, 1.82) is 0 Å². The number of esters is 1. The van der Waals surface area contributed by atoms with E-state index in [-0.39, 0.29) is 30.9 Å². The largest absolute Gasteiger partial charge is 0.464 e. The molecule has 7 heteroatoms. The summed E-state index contributed by atoms with van der Waals surface area (Å²) in [7, 11) is 1.51. The lowest BCUT2D eigenvalue weighted by Gasteiger charge is -2.31. The van der Waals surface area contributed by atoms with Gasteiger partial charge in [-0.2, -0.15) is 13.2 Å². The van der Waals surface area contributed by atoms with Crippen LogP contribution in [0.1, 0.15) is 24.0 Å². The molecular weight excluding hydrogens is 287 g/mol. The highest BCUT2D eigenvalue weighted by atomic mass is 19.4. The third-order valence-electron chi connectivity index (χ3n) is 4.15. The van der Waals surface area contributed by atoms with E-state index < -0.39 is 23.1 Å². The molecule has 2 heterocycles. The van der Waals surface area contributed by atoms with Crippen LogP contribution in [0.4, 0.5) is 18.9 Å². The summed E-state index contributed by atoms with van der Waals surface area (Å²) in [5.41, 5.74) is -1.26. The lowest BCUT2D eigenvalue weighted by molar-refractivity contribution is -0.153. The molecule has 1 aromatic rings. The van der Waals surface area contributed by atoms with Crippen LogP contribution in [-0.2, 0) is 25.9 Å². The molecule has 21 heavy (non-hydrogen) atoms. The number of amides is 1. The van der Waals surface area contributed by atoms with E-state index >= 15 is 0 Å². The number of hydrogen-bond donors (Lipinski definition) is 0. The van der Waals surface area contributed by atoms with Crippen molar-refractivity contribution in [3.63, 3.8) is 0 Å². The van der Waals surface area contributed by atoms with Crippen LogP contribution in [0.5, 0.6) is 0 Å². The number of halogens is 3. The quantitative estimate of drug-likeness (QED) is 0.690. The summed E-state index contributed by atoms with van der Waals surface area (Å²) < 4.78 is 43.6. The first-order valence-electron chi connectivity index (χ1n) is 6.41. The zero-order valence-corrected chi connectivity index (χ0v) is 11.2. The van der Waals surface area contributed by atoms with Crippen LogP contribution in [0, 0.1) is 0 Å². The second kappa shape index (κ2) is 4.22. The van der Waals surface area contributed by atoms with E-state index in [4.69, 9.17) is 4.74 Å². The van der Waals surface area contributed by atoms with Crippen molar-refractivity contribution in [1.82, 2.24) is 0 Å². The molecule has 1 aromatic carbocycles. The number of benzene rings is 1. The number of anilines is 1. The second-order valence-corrected chi connectivity index (χ2v) is 5.34. The molecule has 1 atom stereocenters. The van der Waals surface area contributed by atoms with Gasteiger partial charge in [0.1, 0.15) is 12.0 Å². The minimum Gasteiger partial charge on any atom is -0.464 e. The van der Waals surface area contributed by atoms with Crippen molar-refractivity contribution >= 4 is 17.6 Å². The van der Waals surface area contributed by atoms with Gasteiger partial charge in [-0.1, -0.05) is 0 Å². The summed E-state index contributed by atoms with van der Waals surface area (Å²) in [6.07, 6.45) is -4.29. The van der Waals surface area contributed by atoms with Crippen molar-refractivity contribution in [2.24, 2.45) is 0 Å². The van der Waals surface area contributed by atoms with Crippen LogP contribution in [0.25, 0.3) is 0 Å². The van der Waals surface area contributed by atoms with Gasteiger partial charge in [0.2, 0.25) is 5.91 Å². The molecule has 4 nitrogen and oxygen atoms in total. The Bertz CT molecular complexity index is 629. The fourth-order valence-electron chi connectivity index (χ4n) is 2.98. The molecule has 1 amide bonds. The lowest BCUT2D eigenvalue weighted by atomic mass is 9.76. The minimum atomic E-state index is -4.48. The molecule has 0 saturated carbocycles. The Balaban J connectivity index is 2.14. The number of alkyl halides is 3. The molecule has 1 spiro atoms. The summed E-state index contributed by atoms with van der Waals surface area (Å²) in [5.74, 6) is -0.763. The highest BCUT2D eigenvalue weighted by Crippen LogP contribution is 2.47. The van der Waals surface area contributed by atoms with Crippen molar-refractivity contribution in [2.75, 3.05) is 18.6 Å². The summed E-state index contributed by atoms with van der Waals surface area (Å²) in [4.78, 5) is 25.0. The first-order chi connectivity index (χ1) is 9.75. The Hall–Kier alpha value is -2.05. The maximum Gasteiger partial charge on any atom is 0.416 e. The number of fused-ring (bicyclic) bond motifs is 2. The van der Waals surface area contributed by atoms with E-state index in [1.165, 1.54) is 18.0 Å². The van der Waals surface area contributed by atoms with Gasteiger partial charge >= 0.3 is 12.1 Å². The monoisotopic (exact) mass is 299 g/mol. The number of rotatable bonds is 0. The maximum atomic E-state index is 12.9. The van der Waals surface area contributed by atoms with Gasteiger partial charge < -0.3 is 9.64 Å². The zero-order chi connectivity index (χ0) is 15.4. The van der Waals surface area contributed by atoms with Gasteiger partial charge in [0.05, 0.1) is 5.56 Å². The number of carbonyl (C=O) groups excluding carboxylic acids is 2. The number of ether oxygens (including phenoxy) is 1. The molecule has 1 fully saturated rings. The average Bonchev–Trinajstić information content (AvgIpc) is 2.64. The van der Waals surface area contributed by atoms with Gasteiger partial charge in [-0.25, -0.2) is 0 Å². The van der Waals surface area contributed by atoms with Crippen LogP contribution in [-0.4, -0.2) is 25.5 Å². The lowest BCUT2D eigenvalue weighted by Crippen LogP contribution is -2.46. The number of carbonyl (C=O) groups is 2. The van der Waals surface area contributed by atoms with E-state index in [2.05, 4.69) is 0 Å². The first-order valence-corrected chi connectivity index (χ1v) is 6.41. The van der Waals surface area contributed by atoms with Gasteiger partial charge in [0.25, 0.3) is 0 Å². The van der Waals surface area contributed by atoms with E-state index in [9.17, 15) is 22.8 Å². The van der Waals surface area contributed by atoms with Crippen LogP contribution in [0.15, 0.2) is 18.2 Å². The molecule has 3 rings (SSSR count). The van der Waals surface area contributed by atoms with E-state index in [1.54, 1.807) is 0 Å². The molecule has 0 aromatic heterocycles. The predicted molar refractivity (Wildman–Crippen MR) is 66.7 cm³/mol. The Morgan fingerprint density at radius 2 is 2.00 bits per heavy atom. The predicted octanol–water partition coefficient (Wildman–Crippen LogP) is 2.26. The van der Waals surface area contributed by atoms with Crippen LogP contribution < -0.4 is 4.90 Å². The normalized spacial score (nSPS) is 25.2. The van der Waals surface area contributed by atoms with Crippen molar-refractivity contribution in [2.45, 2.75) is 24.4 Å². The fourth-order valence-corrected chi connectivity index (χ4v) is 2.98. The van der Waals surface area contributed by atoms with Gasteiger partial charge in [0, 0.05) is 19.2 Å². The Labute approximate surface area is 118 Å². The summed E-state index contributed by atoms with van der Waals surface area (Å²) in [6, 6.07) is 3.24. The maximum absolute atomic E-state index is 12.9. The SMILES string of the molecule is CN1C(=O)C2(CCC(=O)OC2)c2cc(C(F)(F)F)ccc21. The van der Waals surface area contributed by atoms with Gasteiger partial charge in [-0.05, 0) is 30.2 Å². The Morgan fingerprint density at radius 3 is 2.57 bits per heavy atom. The summed E-state index contributed by atoms with van der Waals surface area (Å²) in [5, 5.41) is 0. The van der Waals surface area contributed by atoms with Crippen molar-refractivity contribution < 1.29 is 27.5 Å².